The molecule has 0 radical (unpaired) electrons. The first-order valence-electron chi connectivity index (χ1n) is 9.49. The van der Waals surface area contributed by atoms with Crippen LogP contribution in [0.1, 0.15) is 22.8 Å². The topological polar surface area (TPSA) is 69.9 Å². The molecule has 8 heteroatoms. The zero-order valence-corrected chi connectivity index (χ0v) is 18.5. The largest absolute Gasteiger partial charge is 0.496 e. The third kappa shape index (κ3) is 4.62. The second kappa shape index (κ2) is 9.32. The van der Waals surface area contributed by atoms with Crippen LogP contribution in [0.25, 0.3) is 17.1 Å². The molecule has 0 unspecified atom stereocenters. The van der Waals surface area contributed by atoms with Gasteiger partial charge in [0.25, 0.3) is 0 Å². The van der Waals surface area contributed by atoms with Gasteiger partial charge in [-0.2, -0.15) is 0 Å². The molecule has 0 aliphatic heterocycles. The number of carbonyl (C=O) groups is 1. The lowest BCUT2D eigenvalue weighted by molar-refractivity contribution is 0.101. The van der Waals surface area contributed by atoms with E-state index in [1.165, 1.54) is 11.8 Å². The van der Waals surface area contributed by atoms with Crippen molar-refractivity contribution in [3.8, 4) is 22.8 Å². The summed E-state index contributed by atoms with van der Waals surface area (Å²) in [5.41, 5.74) is 3.36. The van der Waals surface area contributed by atoms with Gasteiger partial charge >= 0.3 is 0 Å². The fourth-order valence-corrected chi connectivity index (χ4v) is 4.18. The fraction of sp³-hybridized carbons (Fsp3) is 0.130. The van der Waals surface area contributed by atoms with E-state index in [0.717, 1.165) is 22.6 Å². The lowest BCUT2D eigenvalue weighted by Gasteiger charge is -2.12. The molecule has 2 heterocycles. The smallest absolute Gasteiger partial charge is 0.196 e. The molecule has 4 aromatic rings. The van der Waals surface area contributed by atoms with E-state index in [2.05, 4.69) is 15.2 Å². The summed E-state index contributed by atoms with van der Waals surface area (Å²) in [5.74, 6) is 2.01. The number of pyridine rings is 1. The van der Waals surface area contributed by atoms with Crippen molar-refractivity contribution in [2.45, 2.75) is 17.8 Å². The molecule has 0 aliphatic carbocycles. The lowest BCUT2D eigenvalue weighted by Crippen LogP contribution is -2.01. The molecule has 2 aromatic heterocycles. The van der Waals surface area contributed by atoms with E-state index < -0.39 is 0 Å². The Labute approximate surface area is 189 Å². The first kappa shape index (κ1) is 21.1. The normalized spacial score (nSPS) is 10.8. The number of nitrogens with zero attached hydrogens (tertiary/aromatic N) is 4. The molecular weight excluding hydrogens is 432 g/mol. The van der Waals surface area contributed by atoms with Gasteiger partial charge in [-0.25, -0.2) is 0 Å². The molecule has 156 valence electrons. The first-order chi connectivity index (χ1) is 15.1. The highest BCUT2D eigenvalue weighted by molar-refractivity contribution is 7.98. The van der Waals surface area contributed by atoms with Crippen molar-refractivity contribution in [2.75, 3.05) is 7.11 Å². The van der Waals surface area contributed by atoms with E-state index >= 15 is 0 Å². The highest BCUT2D eigenvalue weighted by Crippen LogP contribution is 2.32. The molecule has 0 spiro atoms. The van der Waals surface area contributed by atoms with Crippen LogP contribution in [0.4, 0.5) is 0 Å². The van der Waals surface area contributed by atoms with E-state index in [9.17, 15) is 4.79 Å². The number of ketones is 1. The maximum atomic E-state index is 11.8. The highest BCUT2D eigenvalue weighted by atomic mass is 35.5. The number of hydrogen-bond donors (Lipinski definition) is 0. The van der Waals surface area contributed by atoms with Crippen LogP contribution in [-0.4, -0.2) is 32.6 Å². The van der Waals surface area contributed by atoms with Crippen molar-refractivity contribution in [3.05, 3.63) is 83.1 Å². The molecule has 0 fully saturated rings. The van der Waals surface area contributed by atoms with E-state index in [1.807, 2.05) is 53.1 Å². The van der Waals surface area contributed by atoms with Crippen LogP contribution in [0.15, 0.2) is 72.1 Å². The van der Waals surface area contributed by atoms with Gasteiger partial charge in [-0.3, -0.25) is 14.3 Å². The molecule has 4 rings (SSSR count). The number of Topliss-reactive ketones (excluding diaryl/α,β-unsaturated/α-hetero) is 1. The Hall–Kier alpha value is -3.16. The van der Waals surface area contributed by atoms with Crippen LogP contribution >= 0.6 is 23.4 Å². The Kier molecular flexibility index (Phi) is 6.34. The predicted molar refractivity (Wildman–Crippen MR) is 122 cm³/mol. The summed E-state index contributed by atoms with van der Waals surface area (Å²) < 4.78 is 7.47. The van der Waals surface area contributed by atoms with Crippen LogP contribution in [0.5, 0.6) is 5.75 Å². The number of ether oxygens (including phenoxy) is 1. The van der Waals surface area contributed by atoms with Gasteiger partial charge in [0.05, 0.1) is 7.11 Å². The molecule has 0 atom stereocenters. The number of methoxy groups -OCH3 is 1. The number of aromatic nitrogens is 4. The first-order valence-corrected chi connectivity index (χ1v) is 10.9. The Morgan fingerprint density at radius 2 is 1.81 bits per heavy atom. The van der Waals surface area contributed by atoms with E-state index in [1.54, 1.807) is 32.5 Å². The summed E-state index contributed by atoms with van der Waals surface area (Å²) in [6.07, 6.45) is 3.45. The van der Waals surface area contributed by atoms with Crippen LogP contribution in [0, 0.1) is 0 Å². The van der Waals surface area contributed by atoms with Crippen molar-refractivity contribution < 1.29 is 9.53 Å². The average molecular weight is 451 g/mol. The Morgan fingerprint density at radius 1 is 1.06 bits per heavy atom. The number of thioether (sulfide) groups is 1. The average Bonchev–Trinajstić information content (AvgIpc) is 3.22. The van der Waals surface area contributed by atoms with Crippen LogP contribution in [0.3, 0.4) is 0 Å². The minimum Gasteiger partial charge on any atom is -0.496 e. The standard InChI is InChI=1S/C23H19ClN4O2S/c1-15(29)17-3-8-21(30-2)18(13-17)14-31-23-27-26-22(16-9-11-25-12-10-16)28(23)20-6-4-19(24)5-7-20/h3-13H,14H2,1-2H3. The van der Waals surface area contributed by atoms with Crippen molar-refractivity contribution >= 4 is 29.1 Å². The summed E-state index contributed by atoms with van der Waals surface area (Å²) in [4.78, 5) is 15.9. The van der Waals surface area contributed by atoms with E-state index in [0.29, 0.717) is 27.3 Å². The van der Waals surface area contributed by atoms with Crippen LogP contribution in [-0.2, 0) is 5.75 Å². The minimum atomic E-state index is 0.0122. The van der Waals surface area contributed by atoms with Crippen molar-refractivity contribution in [3.63, 3.8) is 0 Å². The third-order valence-electron chi connectivity index (χ3n) is 4.70. The second-order valence-electron chi connectivity index (χ2n) is 6.73. The van der Waals surface area contributed by atoms with Crippen molar-refractivity contribution in [2.24, 2.45) is 0 Å². The molecule has 6 nitrogen and oxygen atoms in total. The van der Waals surface area contributed by atoms with Gasteiger partial charge in [0, 0.05) is 45.5 Å². The van der Waals surface area contributed by atoms with Gasteiger partial charge < -0.3 is 4.74 Å². The molecule has 31 heavy (non-hydrogen) atoms. The molecule has 0 saturated heterocycles. The zero-order valence-electron chi connectivity index (χ0n) is 16.9. The number of carbonyl (C=O) groups excluding carboxylic acids is 1. The van der Waals surface area contributed by atoms with Gasteiger partial charge in [0.2, 0.25) is 0 Å². The maximum Gasteiger partial charge on any atom is 0.196 e. The Bertz CT molecular complexity index is 1210. The predicted octanol–water partition coefficient (Wildman–Crippen LogP) is 5.49. The molecule has 0 saturated carbocycles. The second-order valence-corrected chi connectivity index (χ2v) is 8.10. The summed E-state index contributed by atoms with van der Waals surface area (Å²) >= 11 is 7.60. The highest BCUT2D eigenvalue weighted by Gasteiger charge is 2.17. The molecule has 0 N–H and O–H groups in total. The van der Waals surface area contributed by atoms with Gasteiger partial charge in [-0.05, 0) is 61.5 Å². The summed E-state index contributed by atoms with van der Waals surface area (Å²) in [6.45, 7) is 1.55. The number of rotatable bonds is 7. The molecule has 0 bridgehead atoms. The number of halogens is 1. The van der Waals surface area contributed by atoms with Gasteiger partial charge in [-0.1, -0.05) is 23.4 Å². The SMILES string of the molecule is COc1ccc(C(C)=O)cc1CSc1nnc(-c2ccncc2)n1-c1ccc(Cl)cc1. The van der Waals surface area contributed by atoms with E-state index in [-0.39, 0.29) is 5.78 Å². The minimum absolute atomic E-state index is 0.0122. The van der Waals surface area contributed by atoms with Crippen LogP contribution in [0.2, 0.25) is 5.02 Å². The summed E-state index contributed by atoms with van der Waals surface area (Å²) in [6, 6.07) is 16.8. The molecule has 0 amide bonds. The summed E-state index contributed by atoms with van der Waals surface area (Å²) in [5, 5.41) is 10.2. The van der Waals surface area contributed by atoms with Gasteiger partial charge in [0.15, 0.2) is 16.8 Å². The summed E-state index contributed by atoms with van der Waals surface area (Å²) in [7, 11) is 1.62. The molecule has 0 aliphatic rings. The molecular formula is C23H19ClN4O2S. The maximum absolute atomic E-state index is 11.8. The lowest BCUT2D eigenvalue weighted by atomic mass is 10.1. The molecule has 2 aromatic carbocycles. The monoisotopic (exact) mass is 450 g/mol. The third-order valence-corrected chi connectivity index (χ3v) is 5.93. The van der Waals surface area contributed by atoms with Gasteiger partial charge in [-0.15, -0.1) is 10.2 Å². The number of hydrogen-bond acceptors (Lipinski definition) is 6. The van der Waals surface area contributed by atoms with Gasteiger partial charge in [0.1, 0.15) is 5.75 Å². The van der Waals surface area contributed by atoms with Crippen molar-refractivity contribution in [1.29, 1.82) is 0 Å². The quantitative estimate of drug-likeness (QED) is 0.274. The number of benzene rings is 2. The Balaban J connectivity index is 1.73. The Morgan fingerprint density at radius 3 is 2.48 bits per heavy atom. The van der Waals surface area contributed by atoms with Crippen molar-refractivity contribution in [1.82, 2.24) is 19.7 Å². The van der Waals surface area contributed by atoms with Crippen LogP contribution < -0.4 is 4.74 Å². The zero-order chi connectivity index (χ0) is 21.8. The fourth-order valence-electron chi connectivity index (χ4n) is 3.13. The van der Waals surface area contributed by atoms with E-state index in [4.69, 9.17) is 16.3 Å².